The average Bonchev–Trinajstić information content (AvgIpc) is 3.43. The highest BCUT2D eigenvalue weighted by Gasteiger charge is 2.44. The Morgan fingerprint density at radius 2 is 1.85 bits per heavy atom. The van der Waals surface area contributed by atoms with E-state index in [1.165, 1.54) is 12.1 Å². The summed E-state index contributed by atoms with van der Waals surface area (Å²) in [5.41, 5.74) is 5.64. The van der Waals surface area contributed by atoms with Crippen molar-refractivity contribution in [3.63, 3.8) is 0 Å². The summed E-state index contributed by atoms with van der Waals surface area (Å²) >= 11 is 12.1. The molecular formula is C20H21Cl2FN4. The molecule has 1 aliphatic rings. The minimum Gasteiger partial charge on any atom is -0.354 e. The maximum absolute atomic E-state index is 13.2. The van der Waals surface area contributed by atoms with Gasteiger partial charge in [-0.2, -0.15) is 5.10 Å². The van der Waals surface area contributed by atoms with Gasteiger partial charge >= 0.3 is 0 Å². The molecule has 0 atom stereocenters. The predicted octanol–water partition coefficient (Wildman–Crippen LogP) is 4.75. The molecule has 0 amide bonds. The van der Waals surface area contributed by atoms with E-state index >= 15 is 0 Å². The Morgan fingerprint density at radius 3 is 2.44 bits per heavy atom. The molecule has 27 heavy (non-hydrogen) atoms. The fourth-order valence-corrected chi connectivity index (χ4v) is 3.47. The van der Waals surface area contributed by atoms with Crippen molar-refractivity contribution in [3.05, 3.63) is 69.5 Å². The highest BCUT2D eigenvalue weighted by atomic mass is 35.5. The van der Waals surface area contributed by atoms with Crippen LogP contribution in [0.15, 0.2) is 52.6 Å². The fraction of sp³-hybridized carbons (Fsp3) is 0.300. The molecule has 0 saturated heterocycles. The van der Waals surface area contributed by atoms with Gasteiger partial charge in [0.15, 0.2) is 0 Å². The number of rotatable bonds is 5. The molecule has 4 nitrogen and oxygen atoms in total. The molecule has 142 valence electrons. The first kappa shape index (κ1) is 19.6. The third-order valence-corrected chi connectivity index (χ3v) is 5.33. The van der Waals surface area contributed by atoms with Crippen molar-refractivity contribution in [2.75, 3.05) is 13.6 Å². The van der Waals surface area contributed by atoms with Crippen LogP contribution < -0.4 is 10.7 Å². The van der Waals surface area contributed by atoms with Crippen LogP contribution in [0.5, 0.6) is 0 Å². The molecule has 7 heteroatoms. The van der Waals surface area contributed by atoms with Gasteiger partial charge in [0.25, 0.3) is 0 Å². The number of nitrogens with one attached hydrogen (secondary N) is 2. The van der Waals surface area contributed by atoms with Gasteiger partial charge in [-0.1, -0.05) is 41.4 Å². The van der Waals surface area contributed by atoms with Gasteiger partial charge in [0.2, 0.25) is 5.96 Å². The molecule has 2 N–H and O–H groups in total. The van der Waals surface area contributed by atoms with Crippen LogP contribution in [0, 0.1) is 5.82 Å². The number of benzene rings is 2. The van der Waals surface area contributed by atoms with Crippen LogP contribution in [0.4, 0.5) is 4.39 Å². The van der Waals surface area contributed by atoms with E-state index in [0.29, 0.717) is 22.5 Å². The lowest BCUT2D eigenvalue weighted by Gasteiger charge is -2.18. The first-order valence-corrected chi connectivity index (χ1v) is 9.41. The van der Waals surface area contributed by atoms with Crippen molar-refractivity contribution in [2.24, 2.45) is 10.1 Å². The Labute approximate surface area is 168 Å². The van der Waals surface area contributed by atoms with Crippen molar-refractivity contribution in [1.29, 1.82) is 0 Å². The van der Waals surface area contributed by atoms with Crippen molar-refractivity contribution in [3.8, 4) is 0 Å². The summed E-state index contributed by atoms with van der Waals surface area (Å²) in [4.78, 5) is 4.20. The van der Waals surface area contributed by atoms with Crippen LogP contribution in [0.2, 0.25) is 10.0 Å². The number of halogens is 3. The zero-order valence-electron chi connectivity index (χ0n) is 15.2. The van der Waals surface area contributed by atoms with Crippen molar-refractivity contribution in [2.45, 2.75) is 25.2 Å². The van der Waals surface area contributed by atoms with Crippen LogP contribution in [0.25, 0.3) is 0 Å². The Kier molecular flexibility index (Phi) is 6.02. The number of guanidine groups is 1. The second kappa shape index (κ2) is 8.28. The van der Waals surface area contributed by atoms with Crippen LogP contribution in [-0.2, 0) is 5.41 Å². The quantitative estimate of drug-likeness (QED) is 0.427. The lowest BCUT2D eigenvalue weighted by atomic mass is 9.96. The number of hydrogen-bond acceptors (Lipinski definition) is 2. The summed E-state index contributed by atoms with van der Waals surface area (Å²) in [5, 5.41) is 8.78. The summed E-state index contributed by atoms with van der Waals surface area (Å²) < 4.78 is 13.2. The molecule has 1 aliphatic carbocycles. The topological polar surface area (TPSA) is 48.8 Å². The zero-order valence-corrected chi connectivity index (χ0v) is 16.7. The van der Waals surface area contributed by atoms with E-state index in [9.17, 15) is 4.39 Å². The van der Waals surface area contributed by atoms with Gasteiger partial charge in [-0.3, -0.25) is 4.99 Å². The van der Waals surface area contributed by atoms with E-state index in [4.69, 9.17) is 23.2 Å². The monoisotopic (exact) mass is 406 g/mol. The molecule has 2 aromatic rings. The van der Waals surface area contributed by atoms with E-state index in [0.717, 1.165) is 29.7 Å². The highest BCUT2D eigenvalue weighted by Crippen LogP contribution is 2.47. The van der Waals surface area contributed by atoms with Gasteiger partial charge in [0.05, 0.1) is 10.7 Å². The smallest absolute Gasteiger partial charge is 0.211 e. The Bertz CT molecular complexity index is 874. The maximum atomic E-state index is 13.2. The van der Waals surface area contributed by atoms with Gasteiger partial charge < -0.3 is 5.32 Å². The molecule has 0 unspecified atom stereocenters. The van der Waals surface area contributed by atoms with Crippen molar-refractivity contribution in [1.82, 2.24) is 10.7 Å². The highest BCUT2D eigenvalue weighted by molar-refractivity contribution is 6.37. The SMILES string of the molecule is CN=C(NCC1(c2ccc(F)cc2)CC1)NN=C(C)c1ccc(Cl)cc1Cl. The molecule has 0 heterocycles. The van der Waals surface area contributed by atoms with E-state index in [-0.39, 0.29) is 11.2 Å². The molecule has 0 bridgehead atoms. The third kappa shape index (κ3) is 4.79. The van der Waals surface area contributed by atoms with Gasteiger partial charge in [0.1, 0.15) is 5.82 Å². The predicted molar refractivity (Wildman–Crippen MR) is 110 cm³/mol. The Hall–Kier alpha value is -2.11. The second-order valence-corrected chi connectivity index (χ2v) is 7.49. The molecule has 0 aromatic heterocycles. The molecule has 0 radical (unpaired) electrons. The lowest BCUT2D eigenvalue weighted by molar-refractivity contribution is 0.618. The van der Waals surface area contributed by atoms with E-state index in [1.54, 1.807) is 19.2 Å². The summed E-state index contributed by atoms with van der Waals surface area (Å²) in [7, 11) is 1.69. The van der Waals surface area contributed by atoms with Gasteiger partial charge in [-0.25, -0.2) is 9.82 Å². The summed E-state index contributed by atoms with van der Waals surface area (Å²) in [6, 6.07) is 12.0. The number of nitrogens with zero attached hydrogens (tertiary/aromatic N) is 2. The first-order chi connectivity index (χ1) is 12.9. The van der Waals surface area contributed by atoms with Gasteiger partial charge in [0, 0.05) is 29.6 Å². The largest absolute Gasteiger partial charge is 0.354 e. The number of hydrogen-bond donors (Lipinski definition) is 2. The average molecular weight is 407 g/mol. The Morgan fingerprint density at radius 1 is 1.15 bits per heavy atom. The fourth-order valence-electron chi connectivity index (χ4n) is 2.92. The molecular weight excluding hydrogens is 386 g/mol. The summed E-state index contributed by atoms with van der Waals surface area (Å²) in [5.74, 6) is 0.346. The minimum atomic E-state index is -0.217. The molecule has 0 spiro atoms. The maximum Gasteiger partial charge on any atom is 0.211 e. The van der Waals surface area contributed by atoms with Gasteiger partial charge in [-0.15, -0.1) is 0 Å². The third-order valence-electron chi connectivity index (χ3n) is 4.78. The number of aliphatic imine (C=N–C) groups is 1. The molecule has 0 aliphatic heterocycles. The first-order valence-electron chi connectivity index (χ1n) is 8.66. The zero-order chi connectivity index (χ0) is 19.4. The van der Waals surface area contributed by atoms with Crippen LogP contribution in [0.1, 0.15) is 30.9 Å². The summed E-state index contributed by atoms with van der Waals surface area (Å²) in [6.45, 7) is 2.56. The lowest BCUT2D eigenvalue weighted by Crippen LogP contribution is -2.39. The second-order valence-electron chi connectivity index (χ2n) is 6.65. The minimum absolute atomic E-state index is 0.0313. The van der Waals surface area contributed by atoms with Crippen molar-refractivity contribution < 1.29 is 4.39 Å². The standard InChI is InChI=1S/C20H21Cl2FN4/c1-13(17-8-5-15(21)11-18(17)22)26-27-19(24-2)25-12-20(9-10-20)14-3-6-16(23)7-4-14/h3-8,11H,9-10,12H2,1-2H3,(H2,24,25,27). The summed E-state index contributed by atoms with van der Waals surface area (Å²) in [6.07, 6.45) is 2.12. The molecule has 1 saturated carbocycles. The van der Waals surface area contributed by atoms with E-state index < -0.39 is 0 Å². The van der Waals surface area contributed by atoms with E-state index in [1.807, 2.05) is 25.1 Å². The van der Waals surface area contributed by atoms with Crippen LogP contribution >= 0.6 is 23.2 Å². The van der Waals surface area contributed by atoms with Gasteiger partial charge in [-0.05, 0) is 49.6 Å². The van der Waals surface area contributed by atoms with Crippen LogP contribution in [0.3, 0.4) is 0 Å². The van der Waals surface area contributed by atoms with E-state index in [2.05, 4.69) is 20.8 Å². The molecule has 1 fully saturated rings. The van der Waals surface area contributed by atoms with Crippen LogP contribution in [-0.4, -0.2) is 25.3 Å². The Balaban J connectivity index is 1.62. The molecule has 3 rings (SSSR count). The molecule has 2 aromatic carbocycles. The number of hydrazone groups is 1. The van der Waals surface area contributed by atoms with Crippen molar-refractivity contribution >= 4 is 34.9 Å². The normalized spacial score (nSPS) is 16.2.